The molecule has 1 heterocycles. The van der Waals surface area contributed by atoms with Crippen molar-refractivity contribution < 1.29 is 13.9 Å². The number of ether oxygens (including phenoxy) is 1. The van der Waals surface area contributed by atoms with Crippen LogP contribution in [0.4, 0.5) is 4.39 Å². The highest BCUT2D eigenvalue weighted by Crippen LogP contribution is 2.21. The summed E-state index contributed by atoms with van der Waals surface area (Å²) in [4.78, 5) is 11.9. The van der Waals surface area contributed by atoms with Crippen molar-refractivity contribution in [1.82, 2.24) is 10.6 Å². The Kier molecular flexibility index (Phi) is 6.58. The molecule has 6 heteroatoms. The van der Waals surface area contributed by atoms with Gasteiger partial charge in [0, 0.05) is 13.1 Å². The van der Waals surface area contributed by atoms with Gasteiger partial charge in [-0.25, -0.2) is 4.39 Å². The second-order valence-electron chi connectivity index (χ2n) is 5.61. The summed E-state index contributed by atoms with van der Waals surface area (Å²) < 4.78 is 18.5. The predicted molar refractivity (Wildman–Crippen MR) is 93.0 cm³/mol. The van der Waals surface area contributed by atoms with Crippen LogP contribution in [0.2, 0.25) is 0 Å². The van der Waals surface area contributed by atoms with E-state index in [4.69, 9.17) is 4.74 Å². The van der Waals surface area contributed by atoms with Gasteiger partial charge in [-0.2, -0.15) is 0 Å². The highest BCUT2D eigenvalue weighted by atomic mass is 35.5. The normalized spacial score (nSPS) is 16.3. The fourth-order valence-electron chi connectivity index (χ4n) is 2.53. The molecule has 2 aromatic carbocycles. The largest absolute Gasteiger partial charge is 0.457 e. The molecule has 1 unspecified atom stereocenters. The van der Waals surface area contributed by atoms with Crippen molar-refractivity contribution in [3.05, 3.63) is 59.9 Å². The molecule has 0 aromatic heterocycles. The molecule has 0 radical (unpaired) electrons. The molecule has 1 amide bonds. The predicted octanol–water partition coefficient (Wildman–Crippen LogP) is 3.27. The first-order chi connectivity index (χ1) is 11.2. The van der Waals surface area contributed by atoms with E-state index in [0.29, 0.717) is 18.0 Å². The molecule has 128 valence electrons. The average molecular weight is 351 g/mol. The van der Waals surface area contributed by atoms with Gasteiger partial charge in [0.2, 0.25) is 5.91 Å². The number of carbonyl (C=O) groups excluding carboxylic acids is 1. The summed E-state index contributed by atoms with van der Waals surface area (Å²) in [5, 5.41) is 6.14. The van der Waals surface area contributed by atoms with E-state index in [2.05, 4.69) is 10.6 Å². The summed E-state index contributed by atoms with van der Waals surface area (Å²) in [6.07, 6.45) is 0.899. The van der Waals surface area contributed by atoms with Crippen LogP contribution in [-0.4, -0.2) is 19.0 Å². The number of hydrogen-bond acceptors (Lipinski definition) is 3. The first-order valence-electron chi connectivity index (χ1n) is 7.71. The van der Waals surface area contributed by atoms with Crippen LogP contribution in [-0.2, 0) is 11.3 Å². The summed E-state index contributed by atoms with van der Waals surface area (Å²) in [5.74, 6) is 1.14. The van der Waals surface area contributed by atoms with Gasteiger partial charge in [-0.1, -0.05) is 12.1 Å². The van der Waals surface area contributed by atoms with E-state index in [1.54, 1.807) is 12.1 Å². The lowest BCUT2D eigenvalue weighted by atomic mass is 10.1. The Morgan fingerprint density at radius 1 is 1.12 bits per heavy atom. The molecular formula is C18H20ClFN2O2. The van der Waals surface area contributed by atoms with Gasteiger partial charge in [-0.3, -0.25) is 4.79 Å². The first-order valence-corrected chi connectivity index (χ1v) is 7.71. The van der Waals surface area contributed by atoms with E-state index in [0.717, 1.165) is 25.1 Å². The van der Waals surface area contributed by atoms with Gasteiger partial charge in [-0.15, -0.1) is 12.4 Å². The van der Waals surface area contributed by atoms with Gasteiger partial charge in [0.15, 0.2) is 0 Å². The maximum absolute atomic E-state index is 12.8. The maximum atomic E-state index is 12.8. The van der Waals surface area contributed by atoms with Crippen molar-refractivity contribution in [2.45, 2.75) is 13.0 Å². The Hall–Kier alpha value is -2.11. The number of carbonyl (C=O) groups is 1. The highest BCUT2D eigenvalue weighted by Gasteiger charge is 2.21. The summed E-state index contributed by atoms with van der Waals surface area (Å²) in [6.45, 7) is 2.18. The maximum Gasteiger partial charge on any atom is 0.224 e. The molecule has 4 nitrogen and oxygen atoms in total. The molecule has 1 saturated heterocycles. The van der Waals surface area contributed by atoms with E-state index in [1.165, 1.54) is 12.1 Å². The van der Waals surface area contributed by atoms with Gasteiger partial charge >= 0.3 is 0 Å². The van der Waals surface area contributed by atoms with Crippen molar-refractivity contribution in [1.29, 1.82) is 0 Å². The van der Waals surface area contributed by atoms with Crippen molar-refractivity contribution in [2.24, 2.45) is 5.92 Å². The number of amides is 1. The summed E-state index contributed by atoms with van der Waals surface area (Å²) in [5.41, 5.74) is 1.01. The molecule has 0 saturated carbocycles. The van der Waals surface area contributed by atoms with Crippen LogP contribution in [0.1, 0.15) is 12.0 Å². The molecule has 0 bridgehead atoms. The minimum atomic E-state index is -0.291. The second-order valence-corrected chi connectivity index (χ2v) is 5.61. The quantitative estimate of drug-likeness (QED) is 0.870. The molecule has 1 aliphatic heterocycles. The van der Waals surface area contributed by atoms with E-state index < -0.39 is 0 Å². The summed E-state index contributed by atoms with van der Waals surface area (Å²) in [7, 11) is 0. The average Bonchev–Trinajstić information content (AvgIpc) is 3.11. The smallest absolute Gasteiger partial charge is 0.224 e. The summed E-state index contributed by atoms with van der Waals surface area (Å²) >= 11 is 0. The molecule has 24 heavy (non-hydrogen) atoms. The van der Waals surface area contributed by atoms with Crippen LogP contribution in [0.15, 0.2) is 48.5 Å². The number of benzene rings is 2. The van der Waals surface area contributed by atoms with Crippen molar-refractivity contribution >= 4 is 18.3 Å². The minimum absolute atomic E-state index is 0. The molecule has 1 atom stereocenters. The van der Waals surface area contributed by atoms with E-state index >= 15 is 0 Å². The molecular weight excluding hydrogens is 331 g/mol. The van der Waals surface area contributed by atoms with E-state index in [9.17, 15) is 9.18 Å². The number of halogens is 2. The minimum Gasteiger partial charge on any atom is -0.457 e. The Balaban J connectivity index is 0.00000208. The third kappa shape index (κ3) is 4.94. The molecule has 1 fully saturated rings. The molecule has 0 spiro atoms. The lowest BCUT2D eigenvalue weighted by Crippen LogP contribution is -2.31. The third-order valence-corrected chi connectivity index (χ3v) is 3.87. The van der Waals surface area contributed by atoms with Gasteiger partial charge in [0.1, 0.15) is 17.3 Å². The molecule has 2 N–H and O–H groups in total. The van der Waals surface area contributed by atoms with Crippen LogP contribution < -0.4 is 15.4 Å². The van der Waals surface area contributed by atoms with Crippen LogP contribution in [0.25, 0.3) is 0 Å². The SMILES string of the molecule is Cl.O=C(NCc1ccc(Oc2ccc(F)cc2)cc1)C1CCNC1. The second kappa shape index (κ2) is 8.66. The van der Waals surface area contributed by atoms with Gasteiger partial charge in [0.25, 0.3) is 0 Å². The zero-order valence-corrected chi connectivity index (χ0v) is 13.9. The number of hydrogen-bond donors (Lipinski definition) is 2. The zero-order valence-electron chi connectivity index (χ0n) is 13.1. The monoisotopic (exact) mass is 350 g/mol. The Morgan fingerprint density at radius 3 is 2.33 bits per heavy atom. The van der Waals surface area contributed by atoms with Crippen LogP contribution >= 0.6 is 12.4 Å². The fraction of sp³-hybridized carbons (Fsp3) is 0.278. The van der Waals surface area contributed by atoms with Gasteiger partial charge in [-0.05, 0) is 54.9 Å². The molecule has 2 aromatic rings. The van der Waals surface area contributed by atoms with Gasteiger partial charge in [0.05, 0.1) is 5.92 Å². The molecule has 0 aliphatic carbocycles. The highest BCUT2D eigenvalue weighted by molar-refractivity contribution is 5.85. The fourth-order valence-corrected chi connectivity index (χ4v) is 2.53. The number of nitrogens with one attached hydrogen (secondary N) is 2. The zero-order chi connectivity index (χ0) is 16.1. The topological polar surface area (TPSA) is 50.4 Å². The van der Waals surface area contributed by atoms with Crippen molar-refractivity contribution in [2.75, 3.05) is 13.1 Å². The Bertz CT molecular complexity index is 656. The van der Waals surface area contributed by atoms with Gasteiger partial charge < -0.3 is 15.4 Å². The van der Waals surface area contributed by atoms with Crippen LogP contribution in [0.3, 0.4) is 0 Å². The molecule has 1 aliphatic rings. The lowest BCUT2D eigenvalue weighted by Gasteiger charge is -2.10. The molecule has 3 rings (SSSR count). The van der Waals surface area contributed by atoms with Crippen LogP contribution in [0, 0.1) is 11.7 Å². The van der Waals surface area contributed by atoms with Crippen molar-refractivity contribution in [3.8, 4) is 11.5 Å². The third-order valence-electron chi connectivity index (χ3n) is 3.87. The lowest BCUT2D eigenvalue weighted by molar-refractivity contribution is -0.124. The number of rotatable bonds is 5. The first kappa shape index (κ1) is 18.2. The Morgan fingerprint density at radius 2 is 1.75 bits per heavy atom. The standard InChI is InChI=1S/C18H19FN2O2.ClH/c19-15-3-7-17(8-4-15)23-16-5-1-13(2-6-16)11-21-18(22)14-9-10-20-12-14;/h1-8,14,20H,9-12H2,(H,21,22);1H. The van der Waals surface area contributed by atoms with E-state index in [1.807, 2.05) is 24.3 Å². The van der Waals surface area contributed by atoms with Crippen molar-refractivity contribution in [3.63, 3.8) is 0 Å². The summed E-state index contributed by atoms with van der Waals surface area (Å²) in [6, 6.07) is 13.4. The van der Waals surface area contributed by atoms with Crippen LogP contribution in [0.5, 0.6) is 11.5 Å². The van der Waals surface area contributed by atoms with E-state index in [-0.39, 0.29) is 30.0 Å². The Labute approximate surface area is 146 Å².